The zero-order chi connectivity index (χ0) is 35.5. The highest BCUT2D eigenvalue weighted by atomic mass is 16.3. The molecule has 0 N–H and O–H groups in total. The number of benzene rings is 7. The van der Waals surface area contributed by atoms with E-state index in [1.807, 2.05) is 12.1 Å². The van der Waals surface area contributed by atoms with Crippen LogP contribution in [-0.4, -0.2) is 6.04 Å². The minimum Gasteiger partial charge on any atom is -0.456 e. The van der Waals surface area contributed by atoms with Crippen molar-refractivity contribution in [3.05, 3.63) is 199 Å². The average Bonchev–Trinajstić information content (AvgIpc) is 3.70. The Bertz CT molecular complexity index is 2710. The molecule has 53 heavy (non-hydrogen) atoms. The van der Waals surface area contributed by atoms with E-state index in [1.165, 1.54) is 61.5 Å². The number of para-hydroxylation sites is 1. The monoisotopic (exact) mass is 681 g/mol. The number of anilines is 2. The summed E-state index contributed by atoms with van der Waals surface area (Å²) in [6, 6.07) is 61.5. The molecule has 10 rings (SSSR count). The Labute approximate surface area is 311 Å². The molecule has 0 amide bonds. The molecule has 1 unspecified atom stereocenters. The van der Waals surface area contributed by atoms with Crippen LogP contribution >= 0.6 is 0 Å². The van der Waals surface area contributed by atoms with E-state index in [0.29, 0.717) is 0 Å². The van der Waals surface area contributed by atoms with Gasteiger partial charge < -0.3 is 9.32 Å². The van der Waals surface area contributed by atoms with Crippen molar-refractivity contribution in [3.63, 3.8) is 0 Å². The van der Waals surface area contributed by atoms with E-state index in [9.17, 15) is 0 Å². The van der Waals surface area contributed by atoms with E-state index >= 15 is 0 Å². The van der Waals surface area contributed by atoms with Gasteiger partial charge in [0.2, 0.25) is 0 Å². The fraction of sp³-hybridized carbons (Fsp3) is 0.0980. The third-order valence-electron chi connectivity index (χ3n) is 11.5. The third kappa shape index (κ3) is 5.25. The molecular formula is C51H39NO. The molecule has 0 saturated carbocycles. The number of rotatable bonds is 6. The smallest absolute Gasteiger partial charge is 0.136 e. The maximum Gasteiger partial charge on any atom is 0.136 e. The lowest BCUT2D eigenvalue weighted by molar-refractivity contribution is 0.585. The first-order valence-corrected chi connectivity index (χ1v) is 18.6. The topological polar surface area (TPSA) is 16.4 Å². The molecule has 0 fully saturated rings. The van der Waals surface area contributed by atoms with Crippen LogP contribution in [0.2, 0.25) is 0 Å². The van der Waals surface area contributed by atoms with Crippen LogP contribution in [0.3, 0.4) is 0 Å². The van der Waals surface area contributed by atoms with Crippen molar-refractivity contribution in [3.8, 4) is 33.4 Å². The molecule has 0 aliphatic heterocycles. The molecule has 0 bridgehead atoms. The van der Waals surface area contributed by atoms with Gasteiger partial charge in [-0.25, -0.2) is 0 Å². The van der Waals surface area contributed by atoms with Crippen molar-refractivity contribution in [2.45, 2.75) is 31.7 Å². The van der Waals surface area contributed by atoms with Crippen molar-refractivity contribution >= 4 is 38.9 Å². The predicted molar refractivity (Wildman–Crippen MR) is 223 cm³/mol. The Morgan fingerprint density at radius 1 is 0.509 bits per heavy atom. The molecule has 2 heteroatoms. The normalized spacial score (nSPS) is 15.8. The van der Waals surface area contributed by atoms with Crippen LogP contribution in [0.15, 0.2) is 192 Å². The van der Waals surface area contributed by atoms with Crippen molar-refractivity contribution in [1.29, 1.82) is 0 Å². The summed E-state index contributed by atoms with van der Waals surface area (Å²) in [4.78, 5) is 2.53. The van der Waals surface area contributed by atoms with Gasteiger partial charge in [-0.05, 0) is 105 Å². The molecule has 0 spiro atoms. The second-order valence-electron chi connectivity index (χ2n) is 14.9. The average molecular weight is 682 g/mol. The molecule has 2 aliphatic carbocycles. The Kier molecular flexibility index (Phi) is 7.33. The summed E-state index contributed by atoms with van der Waals surface area (Å²) in [6.45, 7) is 4.78. The molecule has 2 aliphatic rings. The van der Waals surface area contributed by atoms with Gasteiger partial charge in [0.05, 0.1) is 6.04 Å². The van der Waals surface area contributed by atoms with Crippen LogP contribution in [0.4, 0.5) is 11.4 Å². The summed E-state index contributed by atoms with van der Waals surface area (Å²) in [5.74, 6) is 0. The van der Waals surface area contributed by atoms with Crippen LogP contribution < -0.4 is 4.90 Å². The van der Waals surface area contributed by atoms with Crippen LogP contribution in [0.25, 0.3) is 60.9 Å². The van der Waals surface area contributed by atoms with Gasteiger partial charge in [-0.1, -0.05) is 153 Å². The van der Waals surface area contributed by atoms with Crippen LogP contribution in [0, 0.1) is 0 Å². The van der Waals surface area contributed by atoms with Crippen molar-refractivity contribution < 1.29 is 4.42 Å². The Morgan fingerprint density at radius 2 is 1.08 bits per heavy atom. The highest BCUT2D eigenvalue weighted by Crippen LogP contribution is 2.51. The summed E-state index contributed by atoms with van der Waals surface area (Å²) in [5, 5.41) is 2.30. The molecule has 254 valence electrons. The van der Waals surface area contributed by atoms with Crippen molar-refractivity contribution in [2.75, 3.05) is 4.90 Å². The minimum atomic E-state index is -0.0230. The van der Waals surface area contributed by atoms with E-state index in [-0.39, 0.29) is 11.5 Å². The second kappa shape index (κ2) is 12.4. The molecule has 0 saturated heterocycles. The minimum absolute atomic E-state index is 0.0230. The number of hydrogen-bond donors (Lipinski definition) is 0. The standard InChI is InChI=1S/C51H39NO/c1-51(2)47-18-10-8-16-43(47)44-31-29-40(33-48(44)51)52(39-27-22-36(23-28-39)42-15-7-6-14-41(42)35-12-4-3-5-13-35)38-25-20-34(21-26-38)37-24-30-46-45-17-9-11-19-49(45)53-50(46)32-37/h3-32,40H,33H2,1-2H3. The van der Waals surface area contributed by atoms with Crippen molar-refractivity contribution in [1.82, 2.24) is 0 Å². The molecule has 1 aromatic heterocycles. The summed E-state index contributed by atoms with van der Waals surface area (Å²) < 4.78 is 6.24. The van der Waals surface area contributed by atoms with E-state index in [4.69, 9.17) is 4.42 Å². The van der Waals surface area contributed by atoms with Gasteiger partial charge in [0.1, 0.15) is 11.2 Å². The molecule has 1 atom stereocenters. The first-order chi connectivity index (χ1) is 26.0. The number of hydrogen-bond acceptors (Lipinski definition) is 2. The quantitative estimate of drug-likeness (QED) is 0.174. The van der Waals surface area contributed by atoms with Gasteiger partial charge >= 0.3 is 0 Å². The molecule has 8 aromatic rings. The predicted octanol–water partition coefficient (Wildman–Crippen LogP) is 13.8. The van der Waals surface area contributed by atoms with E-state index in [1.54, 1.807) is 0 Å². The van der Waals surface area contributed by atoms with Gasteiger partial charge in [0.15, 0.2) is 0 Å². The first kappa shape index (κ1) is 31.4. The molecule has 2 nitrogen and oxygen atoms in total. The van der Waals surface area contributed by atoms with Gasteiger partial charge in [-0.2, -0.15) is 0 Å². The largest absolute Gasteiger partial charge is 0.456 e. The van der Waals surface area contributed by atoms with Gasteiger partial charge in [-0.3, -0.25) is 0 Å². The van der Waals surface area contributed by atoms with Crippen LogP contribution in [0.1, 0.15) is 31.4 Å². The van der Waals surface area contributed by atoms with Gasteiger partial charge in [-0.15, -0.1) is 0 Å². The summed E-state index contributed by atoms with van der Waals surface area (Å²) in [6.07, 6.45) is 5.75. The highest BCUT2D eigenvalue weighted by molar-refractivity contribution is 6.06. The third-order valence-corrected chi connectivity index (χ3v) is 11.5. The van der Waals surface area contributed by atoms with Crippen LogP contribution in [-0.2, 0) is 5.41 Å². The first-order valence-electron chi connectivity index (χ1n) is 18.6. The SMILES string of the molecule is CC1(C)C2=C(C=CC(N(c3ccc(-c4ccc5c(c4)oc4ccccc45)cc3)c3ccc(-c4ccccc4-c4ccccc4)cc3)C2)c2ccccc21. The van der Waals surface area contributed by atoms with E-state index < -0.39 is 0 Å². The summed E-state index contributed by atoms with van der Waals surface area (Å²) in [7, 11) is 0. The molecular weight excluding hydrogens is 643 g/mol. The molecule has 1 heterocycles. The summed E-state index contributed by atoms with van der Waals surface area (Å²) >= 11 is 0. The van der Waals surface area contributed by atoms with E-state index in [0.717, 1.165) is 33.9 Å². The zero-order valence-corrected chi connectivity index (χ0v) is 30.0. The maximum atomic E-state index is 6.24. The Hall–Kier alpha value is -6.38. The molecule has 7 aromatic carbocycles. The Balaban J connectivity index is 1.03. The van der Waals surface area contributed by atoms with E-state index in [2.05, 4.69) is 189 Å². The number of furan rings is 1. The zero-order valence-electron chi connectivity index (χ0n) is 30.0. The fourth-order valence-electron chi connectivity index (χ4n) is 8.80. The highest BCUT2D eigenvalue weighted by Gasteiger charge is 2.40. The fourth-order valence-corrected chi connectivity index (χ4v) is 8.80. The lowest BCUT2D eigenvalue weighted by Crippen LogP contribution is -2.33. The van der Waals surface area contributed by atoms with Crippen LogP contribution in [0.5, 0.6) is 0 Å². The van der Waals surface area contributed by atoms with Gasteiger partial charge in [0, 0.05) is 27.6 Å². The lowest BCUT2D eigenvalue weighted by Gasteiger charge is -2.37. The molecule has 0 radical (unpaired) electrons. The van der Waals surface area contributed by atoms with Gasteiger partial charge in [0.25, 0.3) is 0 Å². The maximum absolute atomic E-state index is 6.24. The van der Waals surface area contributed by atoms with Crippen molar-refractivity contribution in [2.24, 2.45) is 0 Å². The second-order valence-corrected chi connectivity index (χ2v) is 14.9. The lowest BCUT2D eigenvalue weighted by atomic mass is 9.77. The number of fused-ring (bicyclic) bond motifs is 5. The number of allylic oxidation sites excluding steroid dienone is 2. The summed E-state index contributed by atoms with van der Waals surface area (Å²) in [5.41, 5.74) is 17.1. The number of nitrogens with zero attached hydrogens (tertiary/aromatic N) is 1. The Morgan fingerprint density at radius 3 is 1.81 bits per heavy atom.